The Morgan fingerprint density at radius 2 is 2.00 bits per heavy atom. The minimum Gasteiger partial charge on any atom is -0.324 e. The van der Waals surface area contributed by atoms with Crippen molar-refractivity contribution in [1.82, 2.24) is 0 Å². The van der Waals surface area contributed by atoms with E-state index in [2.05, 4.69) is 38.1 Å². The van der Waals surface area contributed by atoms with Crippen LogP contribution < -0.4 is 5.73 Å². The summed E-state index contributed by atoms with van der Waals surface area (Å²) >= 11 is 6.15. The van der Waals surface area contributed by atoms with Crippen molar-refractivity contribution >= 4 is 22.4 Å². The van der Waals surface area contributed by atoms with E-state index >= 15 is 0 Å². The molecule has 1 nitrogen and oxygen atoms in total. The topological polar surface area (TPSA) is 26.0 Å². The molecular weight excluding hydrogens is 230 g/mol. The van der Waals surface area contributed by atoms with Gasteiger partial charge in [0.25, 0.3) is 0 Å². The quantitative estimate of drug-likeness (QED) is 0.847. The van der Waals surface area contributed by atoms with Gasteiger partial charge in [0.1, 0.15) is 0 Å². The minimum absolute atomic E-state index is 0.100. The lowest BCUT2D eigenvalue weighted by Gasteiger charge is -2.19. The molecule has 2 unspecified atom stereocenters. The maximum atomic E-state index is 6.25. The molecule has 0 saturated carbocycles. The first-order valence-electron chi connectivity index (χ1n) is 6.07. The standard InChI is InChI=1S/C15H18ClN/c1-3-10(2)15(17)12-7-8-13-11(9-12)5-4-6-14(13)16/h4-10,15H,3,17H2,1-2H3. The van der Waals surface area contributed by atoms with Crippen LogP contribution in [0.2, 0.25) is 5.02 Å². The fourth-order valence-electron chi connectivity index (χ4n) is 2.05. The van der Waals surface area contributed by atoms with E-state index in [1.54, 1.807) is 0 Å². The third-order valence-electron chi connectivity index (χ3n) is 3.49. The molecule has 0 heterocycles. The van der Waals surface area contributed by atoms with Crippen LogP contribution in [0.3, 0.4) is 0 Å². The van der Waals surface area contributed by atoms with E-state index in [1.165, 1.54) is 5.56 Å². The number of rotatable bonds is 3. The molecule has 0 aromatic heterocycles. The highest BCUT2D eigenvalue weighted by atomic mass is 35.5. The number of benzene rings is 2. The Kier molecular flexibility index (Phi) is 3.70. The number of fused-ring (bicyclic) bond motifs is 1. The Morgan fingerprint density at radius 3 is 2.71 bits per heavy atom. The highest BCUT2D eigenvalue weighted by Gasteiger charge is 2.13. The number of hydrogen-bond donors (Lipinski definition) is 1. The Labute approximate surface area is 108 Å². The second-order valence-electron chi connectivity index (χ2n) is 4.63. The van der Waals surface area contributed by atoms with Crippen molar-refractivity contribution < 1.29 is 0 Å². The SMILES string of the molecule is CCC(C)C(N)c1ccc2c(Cl)cccc2c1. The predicted octanol–water partition coefficient (Wildman–Crippen LogP) is 4.54. The highest BCUT2D eigenvalue weighted by Crippen LogP contribution is 2.28. The summed E-state index contributed by atoms with van der Waals surface area (Å²) in [5.74, 6) is 0.492. The van der Waals surface area contributed by atoms with Crippen LogP contribution in [0.1, 0.15) is 31.9 Å². The molecule has 0 bridgehead atoms. The van der Waals surface area contributed by atoms with Gasteiger partial charge in [-0.15, -0.1) is 0 Å². The van der Waals surface area contributed by atoms with Gasteiger partial charge in [0.05, 0.1) is 0 Å². The van der Waals surface area contributed by atoms with Gasteiger partial charge >= 0.3 is 0 Å². The molecule has 2 aromatic rings. The van der Waals surface area contributed by atoms with Crippen LogP contribution in [0.25, 0.3) is 10.8 Å². The van der Waals surface area contributed by atoms with E-state index in [0.29, 0.717) is 5.92 Å². The van der Waals surface area contributed by atoms with Crippen molar-refractivity contribution in [3.8, 4) is 0 Å². The van der Waals surface area contributed by atoms with Gasteiger partial charge in [-0.05, 0) is 29.0 Å². The van der Waals surface area contributed by atoms with Crippen LogP contribution in [0.5, 0.6) is 0 Å². The van der Waals surface area contributed by atoms with E-state index in [-0.39, 0.29) is 6.04 Å². The molecule has 0 spiro atoms. The van der Waals surface area contributed by atoms with Crippen molar-refractivity contribution in [3.05, 3.63) is 47.0 Å². The number of hydrogen-bond acceptors (Lipinski definition) is 1. The van der Waals surface area contributed by atoms with Crippen LogP contribution in [-0.4, -0.2) is 0 Å². The predicted molar refractivity (Wildman–Crippen MR) is 75.3 cm³/mol. The second-order valence-corrected chi connectivity index (χ2v) is 5.04. The smallest absolute Gasteiger partial charge is 0.0484 e. The van der Waals surface area contributed by atoms with E-state index in [4.69, 9.17) is 17.3 Å². The van der Waals surface area contributed by atoms with Crippen LogP contribution in [0.4, 0.5) is 0 Å². The lowest BCUT2D eigenvalue weighted by Crippen LogP contribution is -2.18. The van der Waals surface area contributed by atoms with Crippen molar-refractivity contribution in [3.63, 3.8) is 0 Å². The second kappa shape index (κ2) is 5.07. The molecule has 90 valence electrons. The first kappa shape index (κ1) is 12.4. The molecular formula is C15H18ClN. The molecule has 17 heavy (non-hydrogen) atoms. The molecule has 2 N–H and O–H groups in total. The summed E-state index contributed by atoms with van der Waals surface area (Å²) in [6.07, 6.45) is 1.09. The summed E-state index contributed by atoms with van der Waals surface area (Å²) in [5.41, 5.74) is 7.43. The highest BCUT2D eigenvalue weighted by molar-refractivity contribution is 6.35. The Hall–Kier alpha value is -1.05. The normalized spacial score (nSPS) is 14.8. The fraction of sp³-hybridized carbons (Fsp3) is 0.333. The lowest BCUT2D eigenvalue weighted by atomic mass is 9.92. The summed E-state index contributed by atoms with van der Waals surface area (Å²) in [7, 11) is 0. The molecule has 0 aliphatic carbocycles. The third-order valence-corrected chi connectivity index (χ3v) is 3.82. The molecule has 2 heteroatoms. The Balaban J connectivity index is 2.45. The minimum atomic E-state index is 0.100. The Bertz CT molecular complexity index is 521. The molecule has 0 aliphatic heterocycles. The zero-order valence-electron chi connectivity index (χ0n) is 10.3. The van der Waals surface area contributed by atoms with Crippen LogP contribution in [-0.2, 0) is 0 Å². The van der Waals surface area contributed by atoms with E-state index in [9.17, 15) is 0 Å². The molecule has 0 radical (unpaired) electrons. The summed E-state index contributed by atoms with van der Waals surface area (Å²) < 4.78 is 0. The van der Waals surface area contributed by atoms with Gasteiger partial charge in [-0.3, -0.25) is 0 Å². The Morgan fingerprint density at radius 1 is 1.24 bits per heavy atom. The van der Waals surface area contributed by atoms with Gasteiger partial charge in [0.2, 0.25) is 0 Å². The van der Waals surface area contributed by atoms with Crippen LogP contribution in [0, 0.1) is 5.92 Å². The molecule has 2 aromatic carbocycles. The van der Waals surface area contributed by atoms with Crippen molar-refractivity contribution in [2.24, 2.45) is 11.7 Å². The summed E-state index contributed by atoms with van der Waals surface area (Å²) in [4.78, 5) is 0. The largest absolute Gasteiger partial charge is 0.324 e. The number of halogens is 1. The van der Waals surface area contributed by atoms with Crippen LogP contribution in [0.15, 0.2) is 36.4 Å². The van der Waals surface area contributed by atoms with Crippen molar-refractivity contribution in [1.29, 1.82) is 0 Å². The van der Waals surface area contributed by atoms with Crippen molar-refractivity contribution in [2.75, 3.05) is 0 Å². The summed E-state index contributed by atoms with van der Waals surface area (Å²) in [6, 6.07) is 12.4. The third kappa shape index (κ3) is 2.46. The van der Waals surface area contributed by atoms with Crippen LogP contribution >= 0.6 is 11.6 Å². The molecule has 0 saturated heterocycles. The first-order chi connectivity index (χ1) is 8.13. The van der Waals surface area contributed by atoms with E-state index in [0.717, 1.165) is 22.2 Å². The molecule has 2 rings (SSSR count). The maximum Gasteiger partial charge on any atom is 0.0484 e. The van der Waals surface area contributed by atoms with Gasteiger partial charge in [0.15, 0.2) is 0 Å². The molecule has 0 aliphatic rings. The molecule has 0 amide bonds. The average Bonchev–Trinajstić information content (AvgIpc) is 2.37. The average molecular weight is 248 g/mol. The zero-order valence-corrected chi connectivity index (χ0v) is 11.0. The first-order valence-corrected chi connectivity index (χ1v) is 6.45. The van der Waals surface area contributed by atoms with Gasteiger partial charge in [-0.2, -0.15) is 0 Å². The maximum absolute atomic E-state index is 6.25. The van der Waals surface area contributed by atoms with Gasteiger partial charge in [-0.1, -0.05) is 56.1 Å². The monoisotopic (exact) mass is 247 g/mol. The fourth-order valence-corrected chi connectivity index (χ4v) is 2.30. The summed E-state index contributed by atoms with van der Waals surface area (Å²) in [5, 5.41) is 3.05. The van der Waals surface area contributed by atoms with E-state index in [1.807, 2.05) is 12.1 Å². The van der Waals surface area contributed by atoms with Crippen molar-refractivity contribution in [2.45, 2.75) is 26.3 Å². The lowest BCUT2D eigenvalue weighted by molar-refractivity contribution is 0.457. The molecule has 2 atom stereocenters. The number of nitrogens with two attached hydrogens (primary N) is 1. The zero-order chi connectivity index (χ0) is 12.4. The van der Waals surface area contributed by atoms with Gasteiger partial charge in [-0.25, -0.2) is 0 Å². The van der Waals surface area contributed by atoms with E-state index < -0.39 is 0 Å². The van der Waals surface area contributed by atoms with Gasteiger partial charge < -0.3 is 5.73 Å². The van der Waals surface area contributed by atoms with Gasteiger partial charge in [0, 0.05) is 16.5 Å². The molecule has 0 fully saturated rings. The summed E-state index contributed by atoms with van der Waals surface area (Å²) in [6.45, 7) is 4.36.